The summed E-state index contributed by atoms with van der Waals surface area (Å²) in [6.07, 6.45) is 2.19. The smallest absolute Gasteiger partial charge is 0.317 e. The molecule has 0 bridgehead atoms. The number of hydrogen-bond acceptors (Lipinski definition) is 2. The van der Waals surface area contributed by atoms with Gasteiger partial charge in [0.1, 0.15) is 6.17 Å². The maximum atomic E-state index is 13.4. The molecule has 2 atom stereocenters. The number of aliphatic hydroxyl groups is 1. The van der Waals surface area contributed by atoms with Crippen molar-refractivity contribution < 1.29 is 14.3 Å². The van der Waals surface area contributed by atoms with Gasteiger partial charge in [0.25, 0.3) is 0 Å². The molecular weight excluding hydrogens is 199 g/mol. The molecule has 0 unspecified atom stereocenters. The minimum Gasteiger partial charge on any atom is -0.395 e. The molecule has 1 fully saturated rings. The molecule has 1 rings (SSSR count). The summed E-state index contributed by atoms with van der Waals surface area (Å²) in [7, 11) is 1.58. The van der Waals surface area contributed by atoms with Gasteiger partial charge < -0.3 is 15.3 Å². The summed E-state index contributed by atoms with van der Waals surface area (Å²) in [5.41, 5.74) is 0. The zero-order valence-corrected chi connectivity index (χ0v) is 9.08. The van der Waals surface area contributed by atoms with Crippen molar-refractivity contribution in [2.75, 3.05) is 20.2 Å². The molecular formula is C10H19FN2O2. The Morgan fingerprint density at radius 3 is 2.80 bits per heavy atom. The normalized spacial score (nSPS) is 26.1. The molecule has 0 aromatic heterocycles. The van der Waals surface area contributed by atoms with Crippen LogP contribution in [0.4, 0.5) is 9.18 Å². The fourth-order valence-electron chi connectivity index (χ4n) is 1.77. The van der Waals surface area contributed by atoms with Crippen LogP contribution in [0.15, 0.2) is 0 Å². The number of rotatable bonds is 3. The van der Waals surface area contributed by atoms with E-state index in [9.17, 15) is 9.18 Å². The monoisotopic (exact) mass is 218 g/mol. The predicted octanol–water partition coefficient (Wildman–Crippen LogP) is 0.901. The van der Waals surface area contributed by atoms with Gasteiger partial charge in [-0.05, 0) is 12.8 Å². The van der Waals surface area contributed by atoms with E-state index < -0.39 is 6.17 Å². The van der Waals surface area contributed by atoms with Crippen LogP contribution in [-0.2, 0) is 0 Å². The van der Waals surface area contributed by atoms with Gasteiger partial charge in [-0.25, -0.2) is 9.18 Å². The van der Waals surface area contributed by atoms with E-state index in [-0.39, 0.29) is 25.2 Å². The highest BCUT2D eigenvalue weighted by molar-refractivity contribution is 5.74. The number of urea groups is 1. The minimum absolute atomic E-state index is 0.0758. The Kier molecular flexibility index (Phi) is 4.81. The highest BCUT2D eigenvalue weighted by Gasteiger charge is 2.26. The van der Waals surface area contributed by atoms with Crippen molar-refractivity contribution in [2.24, 2.45) is 0 Å². The van der Waals surface area contributed by atoms with E-state index in [1.165, 1.54) is 4.90 Å². The number of aliphatic hydroxyl groups excluding tert-OH is 1. The molecule has 5 heteroatoms. The number of carbonyl (C=O) groups excluding carboxylic acids is 1. The summed E-state index contributed by atoms with van der Waals surface area (Å²) in [4.78, 5) is 12.8. The van der Waals surface area contributed by atoms with Gasteiger partial charge in [-0.3, -0.25) is 0 Å². The molecule has 1 aliphatic rings. The van der Waals surface area contributed by atoms with Crippen molar-refractivity contribution in [1.82, 2.24) is 10.2 Å². The van der Waals surface area contributed by atoms with Crippen molar-refractivity contribution in [3.05, 3.63) is 0 Å². The number of halogens is 1. The average molecular weight is 218 g/mol. The van der Waals surface area contributed by atoms with Gasteiger partial charge in [0.2, 0.25) is 0 Å². The first-order valence-corrected chi connectivity index (χ1v) is 5.41. The molecule has 1 saturated carbocycles. The summed E-state index contributed by atoms with van der Waals surface area (Å²) in [6.45, 7) is 0.198. The van der Waals surface area contributed by atoms with E-state index in [2.05, 4.69) is 5.32 Å². The molecule has 1 aliphatic carbocycles. The third-order valence-corrected chi connectivity index (χ3v) is 2.77. The maximum absolute atomic E-state index is 13.4. The lowest BCUT2D eigenvalue weighted by molar-refractivity contribution is 0.160. The van der Waals surface area contributed by atoms with Gasteiger partial charge in [-0.15, -0.1) is 0 Å². The number of hydrogen-bond donors (Lipinski definition) is 2. The summed E-state index contributed by atoms with van der Waals surface area (Å²) < 4.78 is 13.4. The lowest BCUT2D eigenvalue weighted by Crippen LogP contribution is -2.48. The van der Waals surface area contributed by atoms with Gasteiger partial charge >= 0.3 is 6.03 Å². The Morgan fingerprint density at radius 2 is 2.20 bits per heavy atom. The summed E-state index contributed by atoms with van der Waals surface area (Å²) >= 11 is 0. The number of amides is 2. The molecule has 0 spiro atoms. The van der Waals surface area contributed by atoms with Crippen molar-refractivity contribution in [1.29, 1.82) is 0 Å². The molecule has 0 heterocycles. The van der Waals surface area contributed by atoms with Crippen LogP contribution in [0.1, 0.15) is 25.7 Å². The van der Waals surface area contributed by atoms with E-state index in [4.69, 9.17) is 5.11 Å². The van der Waals surface area contributed by atoms with Crippen LogP contribution < -0.4 is 5.32 Å². The highest BCUT2D eigenvalue weighted by Crippen LogP contribution is 2.21. The van der Waals surface area contributed by atoms with Gasteiger partial charge in [-0.2, -0.15) is 0 Å². The standard InChI is InChI=1S/C10H19FN2O2/c1-13(6-7-14)10(15)12-9-5-3-2-4-8(9)11/h8-9,14H,2-7H2,1H3,(H,12,15)/t8-,9-/m1/s1. The molecule has 88 valence electrons. The summed E-state index contributed by atoms with van der Waals surface area (Å²) in [5.74, 6) is 0. The Morgan fingerprint density at radius 1 is 1.53 bits per heavy atom. The molecule has 0 aliphatic heterocycles. The Bertz CT molecular complexity index is 214. The molecule has 2 amide bonds. The van der Waals surface area contributed by atoms with Crippen LogP contribution in [0.25, 0.3) is 0 Å². The van der Waals surface area contributed by atoms with E-state index >= 15 is 0 Å². The molecule has 0 radical (unpaired) electrons. The average Bonchev–Trinajstić information content (AvgIpc) is 2.21. The molecule has 0 aromatic carbocycles. The van der Waals surface area contributed by atoms with E-state index in [0.29, 0.717) is 12.8 Å². The summed E-state index contributed by atoms with van der Waals surface area (Å²) in [5, 5.41) is 11.3. The predicted molar refractivity (Wildman–Crippen MR) is 55.4 cm³/mol. The third-order valence-electron chi connectivity index (χ3n) is 2.77. The second-order valence-electron chi connectivity index (χ2n) is 4.00. The van der Waals surface area contributed by atoms with E-state index in [1.807, 2.05) is 0 Å². The quantitative estimate of drug-likeness (QED) is 0.739. The second kappa shape index (κ2) is 5.90. The fraction of sp³-hybridized carbons (Fsp3) is 0.900. The van der Waals surface area contributed by atoms with Crippen molar-refractivity contribution >= 4 is 6.03 Å². The minimum atomic E-state index is -0.926. The van der Waals surface area contributed by atoms with Crippen molar-refractivity contribution in [3.63, 3.8) is 0 Å². The first kappa shape index (κ1) is 12.2. The van der Waals surface area contributed by atoms with Gasteiger partial charge in [0.15, 0.2) is 0 Å². The van der Waals surface area contributed by atoms with Crippen LogP contribution in [0.5, 0.6) is 0 Å². The lowest BCUT2D eigenvalue weighted by atomic mass is 9.94. The maximum Gasteiger partial charge on any atom is 0.317 e. The largest absolute Gasteiger partial charge is 0.395 e. The van der Waals surface area contributed by atoms with Gasteiger partial charge in [-0.1, -0.05) is 12.8 Å². The zero-order valence-electron chi connectivity index (χ0n) is 9.08. The number of alkyl halides is 1. The Labute approximate surface area is 89.4 Å². The Hall–Kier alpha value is -0.840. The first-order valence-electron chi connectivity index (χ1n) is 5.41. The number of nitrogens with one attached hydrogen (secondary N) is 1. The lowest BCUT2D eigenvalue weighted by Gasteiger charge is -2.28. The number of carbonyl (C=O) groups is 1. The molecule has 2 N–H and O–H groups in total. The van der Waals surface area contributed by atoms with Crippen LogP contribution in [0, 0.1) is 0 Å². The zero-order chi connectivity index (χ0) is 11.3. The molecule has 4 nitrogen and oxygen atoms in total. The molecule has 0 aromatic rings. The van der Waals surface area contributed by atoms with Crippen molar-refractivity contribution in [3.8, 4) is 0 Å². The van der Waals surface area contributed by atoms with Crippen LogP contribution >= 0.6 is 0 Å². The Balaban J connectivity index is 2.35. The summed E-state index contributed by atoms with van der Waals surface area (Å²) in [6, 6.07) is -0.661. The van der Waals surface area contributed by atoms with Crippen LogP contribution in [0.3, 0.4) is 0 Å². The first-order chi connectivity index (χ1) is 7.15. The van der Waals surface area contributed by atoms with Crippen molar-refractivity contribution in [2.45, 2.75) is 37.9 Å². The molecule has 15 heavy (non-hydrogen) atoms. The highest BCUT2D eigenvalue weighted by atomic mass is 19.1. The topological polar surface area (TPSA) is 52.6 Å². The number of likely N-dealkylation sites (N-methyl/N-ethyl adjacent to an activating group) is 1. The van der Waals surface area contributed by atoms with Gasteiger partial charge in [0, 0.05) is 13.6 Å². The number of nitrogens with zero attached hydrogens (tertiary/aromatic N) is 1. The third kappa shape index (κ3) is 3.66. The fourth-order valence-corrected chi connectivity index (χ4v) is 1.77. The second-order valence-corrected chi connectivity index (χ2v) is 4.00. The molecule has 0 saturated heterocycles. The van der Waals surface area contributed by atoms with E-state index in [1.54, 1.807) is 7.05 Å². The van der Waals surface area contributed by atoms with E-state index in [0.717, 1.165) is 12.8 Å². The van der Waals surface area contributed by atoms with Crippen LogP contribution in [-0.4, -0.2) is 48.5 Å². The van der Waals surface area contributed by atoms with Gasteiger partial charge in [0.05, 0.1) is 12.6 Å². The van der Waals surface area contributed by atoms with Crippen LogP contribution in [0.2, 0.25) is 0 Å². The SMILES string of the molecule is CN(CCO)C(=O)N[C@@H]1CCCC[C@H]1F.